The number of aromatic nitrogens is 2. The second kappa shape index (κ2) is 8.63. The number of ether oxygens (including phenoxy) is 2. The van der Waals surface area contributed by atoms with Crippen molar-refractivity contribution in [3.8, 4) is 5.75 Å². The van der Waals surface area contributed by atoms with E-state index in [9.17, 15) is 4.79 Å². The fraction of sp³-hybridized carbons (Fsp3) is 0.292. The molecule has 0 spiro atoms. The van der Waals surface area contributed by atoms with E-state index in [-0.39, 0.29) is 6.61 Å². The Kier molecular flexibility index (Phi) is 5.77. The molecule has 0 fully saturated rings. The summed E-state index contributed by atoms with van der Waals surface area (Å²) in [5, 5.41) is 1.74. The maximum Gasteiger partial charge on any atom is 0.344 e. The molecule has 4 rings (SSSR count). The number of rotatable bonds is 7. The minimum absolute atomic E-state index is 0.272. The van der Waals surface area contributed by atoms with E-state index in [0.717, 1.165) is 34.8 Å². The van der Waals surface area contributed by atoms with Crippen LogP contribution in [-0.4, -0.2) is 54.7 Å². The zero-order valence-electron chi connectivity index (χ0n) is 17.5. The Hall–Kier alpha value is -3.25. The first kappa shape index (κ1) is 20.0. The van der Waals surface area contributed by atoms with Gasteiger partial charge in [0.05, 0.1) is 29.8 Å². The molecule has 0 aliphatic heterocycles. The van der Waals surface area contributed by atoms with Crippen LogP contribution in [0.3, 0.4) is 0 Å². The molecule has 4 aromatic rings. The number of hydrogen-bond donors (Lipinski definition) is 0. The molecule has 0 bridgehead atoms. The summed E-state index contributed by atoms with van der Waals surface area (Å²) in [4.78, 5) is 24.8. The van der Waals surface area contributed by atoms with E-state index in [1.807, 2.05) is 62.6 Å². The van der Waals surface area contributed by atoms with Crippen LogP contribution in [0.2, 0.25) is 0 Å². The number of benzene rings is 3. The standard InChI is InChI=1S/C24H25N3O3/c1-4-29-24(28)20-22-21(25-18-12-7-8-13-19(18)26-22)16-10-5-6-11-17(16)23(20)30-15-9-14-27(2)3/h5-8,10-13H,4,9,14-15H2,1-3H3. The maximum atomic E-state index is 13.0. The molecule has 6 nitrogen and oxygen atoms in total. The fourth-order valence-electron chi connectivity index (χ4n) is 3.59. The van der Waals surface area contributed by atoms with E-state index < -0.39 is 5.97 Å². The molecule has 0 amide bonds. The van der Waals surface area contributed by atoms with Crippen molar-refractivity contribution in [1.29, 1.82) is 0 Å². The average Bonchev–Trinajstić information content (AvgIpc) is 2.75. The second-order valence-corrected chi connectivity index (χ2v) is 7.39. The lowest BCUT2D eigenvalue weighted by molar-refractivity contribution is 0.0524. The van der Waals surface area contributed by atoms with Gasteiger partial charge in [0.2, 0.25) is 0 Å². The molecule has 0 unspecified atom stereocenters. The largest absolute Gasteiger partial charge is 0.492 e. The van der Waals surface area contributed by atoms with E-state index >= 15 is 0 Å². The highest BCUT2D eigenvalue weighted by atomic mass is 16.5. The quantitative estimate of drug-likeness (QED) is 0.197. The molecular weight excluding hydrogens is 378 g/mol. The molecule has 1 heterocycles. The zero-order valence-corrected chi connectivity index (χ0v) is 17.5. The predicted molar refractivity (Wildman–Crippen MR) is 119 cm³/mol. The summed E-state index contributed by atoms with van der Waals surface area (Å²) >= 11 is 0. The smallest absolute Gasteiger partial charge is 0.344 e. The third-order valence-electron chi connectivity index (χ3n) is 4.94. The lowest BCUT2D eigenvalue weighted by Gasteiger charge is -2.17. The Labute approximate surface area is 175 Å². The average molecular weight is 403 g/mol. The third kappa shape index (κ3) is 3.78. The highest BCUT2D eigenvalue weighted by Crippen LogP contribution is 2.38. The molecule has 1 aromatic heterocycles. The molecule has 0 atom stereocenters. The minimum Gasteiger partial charge on any atom is -0.492 e. The summed E-state index contributed by atoms with van der Waals surface area (Å²) in [6.07, 6.45) is 0.838. The van der Waals surface area contributed by atoms with Gasteiger partial charge < -0.3 is 14.4 Å². The summed E-state index contributed by atoms with van der Waals surface area (Å²) in [6.45, 7) is 3.44. The van der Waals surface area contributed by atoms with Gasteiger partial charge in [0.1, 0.15) is 16.8 Å². The predicted octanol–water partition coefficient (Wildman–Crippen LogP) is 4.44. The molecule has 0 radical (unpaired) electrons. The van der Waals surface area contributed by atoms with E-state index in [0.29, 0.717) is 29.0 Å². The van der Waals surface area contributed by atoms with Crippen molar-refractivity contribution in [3.05, 3.63) is 54.1 Å². The molecular formula is C24H25N3O3. The van der Waals surface area contributed by atoms with Crippen LogP contribution in [0.1, 0.15) is 23.7 Å². The Morgan fingerprint density at radius 2 is 1.57 bits per heavy atom. The van der Waals surface area contributed by atoms with Crippen molar-refractivity contribution in [3.63, 3.8) is 0 Å². The number of esters is 1. The van der Waals surface area contributed by atoms with Crippen LogP contribution < -0.4 is 4.74 Å². The van der Waals surface area contributed by atoms with Crippen LogP contribution in [0.4, 0.5) is 0 Å². The number of para-hydroxylation sites is 2. The molecule has 0 saturated heterocycles. The Morgan fingerprint density at radius 3 is 2.23 bits per heavy atom. The van der Waals surface area contributed by atoms with Crippen molar-refractivity contribution < 1.29 is 14.3 Å². The van der Waals surface area contributed by atoms with E-state index in [1.165, 1.54) is 0 Å². The SMILES string of the molecule is CCOC(=O)c1c(OCCCN(C)C)c2ccccc2c2nc3ccccc3nc12. The number of carbonyl (C=O) groups is 1. The van der Waals surface area contributed by atoms with E-state index in [4.69, 9.17) is 19.4 Å². The first-order valence-electron chi connectivity index (χ1n) is 10.2. The van der Waals surface area contributed by atoms with Gasteiger partial charge in [-0.3, -0.25) is 0 Å². The number of fused-ring (bicyclic) bond motifs is 4. The zero-order chi connectivity index (χ0) is 21.1. The van der Waals surface area contributed by atoms with Gasteiger partial charge in [0.25, 0.3) is 0 Å². The summed E-state index contributed by atoms with van der Waals surface area (Å²) in [5.74, 6) is 0.0698. The summed E-state index contributed by atoms with van der Waals surface area (Å²) in [6, 6.07) is 15.5. The van der Waals surface area contributed by atoms with Crippen molar-refractivity contribution in [2.75, 3.05) is 33.9 Å². The van der Waals surface area contributed by atoms with Gasteiger partial charge in [-0.2, -0.15) is 0 Å². The van der Waals surface area contributed by atoms with Crippen LogP contribution in [-0.2, 0) is 4.74 Å². The minimum atomic E-state index is -0.444. The lowest BCUT2D eigenvalue weighted by Crippen LogP contribution is -2.16. The van der Waals surface area contributed by atoms with Gasteiger partial charge in [-0.1, -0.05) is 36.4 Å². The Bertz CT molecular complexity index is 1220. The number of nitrogens with zero attached hydrogens (tertiary/aromatic N) is 3. The Morgan fingerprint density at radius 1 is 0.933 bits per heavy atom. The normalized spacial score (nSPS) is 11.5. The highest BCUT2D eigenvalue weighted by molar-refractivity contribution is 6.18. The molecule has 6 heteroatoms. The number of hydrogen-bond acceptors (Lipinski definition) is 6. The Balaban J connectivity index is 1.98. The van der Waals surface area contributed by atoms with E-state index in [2.05, 4.69) is 4.90 Å². The summed E-state index contributed by atoms with van der Waals surface area (Å²) in [5.41, 5.74) is 3.03. The first-order valence-corrected chi connectivity index (χ1v) is 10.2. The monoisotopic (exact) mass is 403 g/mol. The molecule has 0 aliphatic carbocycles. The number of carbonyl (C=O) groups excluding carboxylic acids is 1. The third-order valence-corrected chi connectivity index (χ3v) is 4.94. The van der Waals surface area contributed by atoms with Crippen molar-refractivity contribution in [1.82, 2.24) is 14.9 Å². The molecule has 154 valence electrons. The van der Waals surface area contributed by atoms with Crippen molar-refractivity contribution in [2.24, 2.45) is 0 Å². The summed E-state index contributed by atoms with van der Waals surface area (Å²) < 4.78 is 11.6. The van der Waals surface area contributed by atoms with Crippen molar-refractivity contribution in [2.45, 2.75) is 13.3 Å². The summed E-state index contributed by atoms with van der Waals surface area (Å²) in [7, 11) is 4.05. The van der Waals surface area contributed by atoms with Crippen LogP contribution >= 0.6 is 0 Å². The van der Waals surface area contributed by atoms with Gasteiger partial charge in [0.15, 0.2) is 0 Å². The molecule has 30 heavy (non-hydrogen) atoms. The molecule has 3 aromatic carbocycles. The second-order valence-electron chi connectivity index (χ2n) is 7.39. The maximum absolute atomic E-state index is 13.0. The van der Waals surface area contributed by atoms with Crippen LogP contribution in [0.15, 0.2) is 48.5 Å². The molecule has 0 N–H and O–H groups in total. The van der Waals surface area contributed by atoms with Crippen LogP contribution in [0.25, 0.3) is 32.8 Å². The van der Waals surface area contributed by atoms with Crippen LogP contribution in [0.5, 0.6) is 5.75 Å². The van der Waals surface area contributed by atoms with Gasteiger partial charge in [-0.25, -0.2) is 14.8 Å². The first-order chi connectivity index (χ1) is 14.6. The van der Waals surface area contributed by atoms with E-state index in [1.54, 1.807) is 6.92 Å². The fourth-order valence-corrected chi connectivity index (χ4v) is 3.59. The lowest BCUT2D eigenvalue weighted by atomic mass is 10.0. The van der Waals surface area contributed by atoms with Gasteiger partial charge in [0, 0.05) is 17.3 Å². The van der Waals surface area contributed by atoms with Gasteiger partial charge in [-0.05, 0) is 39.6 Å². The van der Waals surface area contributed by atoms with Crippen molar-refractivity contribution >= 4 is 38.8 Å². The van der Waals surface area contributed by atoms with Crippen LogP contribution in [0, 0.1) is 0 Å². The molecule has 0 aliphatic rings. The highest BCUT2D eigenvalue weighted by Gasteiger charge is 2.24. The molecule has 0 saturated carbocycles. The van der Waals surface area contributed by atoms with Gasteiger partial charge in [-0.15, -0.1) is 0 Å². The van der Waals surface area contributed by atoms with Gasteiger partial charge >= 0.3 is 5.97 Å². The topological polar surface area (TPSA) is 64.6 Å².